The van der Waals surface area contributed by atoms with Crippen molar-refractivity contribution in [2.24, 2.45) is 29.4 Å². The highest BCUT2D eigenvalue weighted by molar-refractivity contribution is 5.92. The van der Waals surface area contributed by atoms with Gasteiger partial charge in [0.25, 0.3) is 0 Å². The minimum absolute atomic E-state index is 0.0131. The van der Waals surface area contributed by atoms with Gasteiger partial charge < -0.3 is 35.1 Å². The third kappa shape index (κ3) is 11.8. The van der Waals surface area contributed by atoms with Crippen LogP contribution in [0.1, 0.15) is 86.1 Å². The van der Waals surface area contributed by atoms with Gasteiger partial charge in [0.05, 0.1) is 49.3 Å². The van der Waals surface area contributed by atoms with Crippen molar-refractivity contribution in [1.29, 1.82) is 0 Å². The van der Waals surface area contributed by atoms with Gasteiger partial charge in [0.15, 0.2) is 5.78 Å². The molecule has 3 amide bonds. The van der Waals surface area contributed by atoms with E-state index in [0.29, 0.717) is 13.0 Å². The molecule has 51 heavy (non-hydrogen) atoms. The molecule has 288 valence electrons. The Hall–Kier alpha value is -3.35. The summed E-state index contributed by atoms with van der Waals surface area (Å²) in [4.78, 5) is 70.7. The summed E-state index contributed by atoms with van der Waals surface area (Å²) >= 11 is 0. The van der Waals surface area contributed by atoms with Crippen LogP contribution < -0.4 is 11.1 Å². The molecule has 1 aromatic rings. The first-order valence-corrected chi connectivity index (χ1v) is 18.3. The van der Waals surface area contributed by atoms with Gasteiger partial charge in [-0.15, -0.1) is 0 Å². The number of hydrogen-bond acceptors (Lipinski definition) is 9. The van der Waals surface area contributed by atoms with Crippen molar-refractivity contribution < 1.29 is 38.2 Å². The van der Waals surface area contributed by atoms with E-state index in [4.69, 9.17) is 19.9 Å². The number of nitrogens with one attached hydrogen (secondary N) is 1. The van der Waals surface area contributed by atoms with Crippen molar-refractivity contribution >= 4 is 29.5 Å². The first-order valence-electron chi connectivity index (χ1n) is 18.3. The summed E-state index contributed by atoms with van der Waals surface area (Å²) in [7, 11) is 6.08. The Bertz CT molecular complexity index is 1300. The van der Waals surface area contributed by atoms with Crippen molar-refractivity contribution in [3.05, 3.63) is 35.9 Å². The van der Waals surface area contributed by atoms with Gasteiger partial charge in [0, 0.05) is 46.6 Å². The molecule has 2 rings (SSSR count). The molecule has 8 unspecified atom stereocenters. The number of esters is 1. The van der Waals surface area contributed by atoms with Gasteiger partial charge in [0.1, 0.15) is 6.04 Å². The van der Waals surface area contributed by atoms with Crippen LogP contribution in [0, 0.1) is 23.7 Å². The van der Waals surface area contributed by atoms with E-state index in [1.165, 1.54) is 14.2 Å². The second-order valence-corrected chi connectivity index (χ2v) is 15.1. The molecule has 1 aliphatic heterocycles. The number of amides is 3. The SMILES string of the molecule is CCC(C)C(C(CC(=O)N1CCCC1C(OC)C(C)C(=O)NC(Cc1ccccc1)C(=O)OC)OC)N(C)C(=O)C(CC(=O)C(C)(C)N)C(C)C. The van der Waals surface area contributed by atoms with Gasteiger partial charge in [-0.05, 0) is 44.1 Å². The van der Waals surface area contributed by atoms with E-state index in [2.05, 4.69) is 5.32 Å². The van der Waals surface area contributed by atoms with Gasteiger partial charge in [-0.1, -0.05) is 71.4 Å². The minimum atomic E-state index is -1.06. The number of ether oxygens (including phenoxy) is 3. The molecule has 0 bridgehead atoms. The van der Waals surface area contributed by atoms with Gasteiger partial charge >= 0.3 is 5.97 Å². The number of rotatable bonds is 20. The fourth-order valence-corrected chi connectivity index (χ4v) is 7.13. The number of carbonyl (C=O) groups is 5. The minimum Gasteiger partial charge on any atom is -0.467 e. The van der Waals surface area contributed by atoms with Gasteiger partial charge in [0.2, 0.25) is 17.7 Å². The highest BCUT2D eigenvalue weighted by Crippen LogP contribution is 2.31. The third-order valence-electron chi connectivity index (χ3n) is 10.6. The standard InChI is InChI=1S/C39H64N4O8/c1-12-25(4)34(42(8)37(47)28(24(2)3)22-32(44)39(6,7)40)31(49-9)23-33(45)43-20-16-19-30(43)35(50-10)26(5)36(46)41-29(38(48)51-11)21-27-17-14-13-15-18-27/h13-15,17-18,24-26,28-31,34-35H,12,16,19-23,40H2,1-11H3,(H,41,46). The predicted molar refractivity (Wildman–Crippen MR) is 196 cm³/mol. The Labute approximate surface area is 305 Å². The fraction of sp³-hybridized carbons (Fsp3) is 0.718. The first kappa shape index (κ1) is 43.8. The summed E-state index contributed by atoms with van der Waals surface area (Å²) in [6.07, 6.45) is 1.15. The number of carbonyl (C=O) groups excluding carboxylic acids is 5. The van der Waals surface area contributed by atoms with Crippen molar-refractivity contribution in [2.75, 3.05) is 34.9 Å². The largest absolute Gasteiger partial charge is 0.467 e. The maximum atomic E-state index is 14.1. The summed E-state index contributed by atoms with van der Waals surface area (Å²) in [6, 6.07) is 7.65. The highest BCUT2D eigenvalue weighted by Gasteiger charge is 2.43. The number of methoxy groups -OCH3 is 3. The lowest BCUT2D eigenvalue weighted by Crippen LogP contribution is -2.55. The molecule has 8 atom stereocenters. The summed E-state index contributed by atoms with van der Waals surface area (Å²) in [6.45, 7) is 13.4. The van der Waals surface area contributed by atoms with Crippen LogP contribution in [0.25, 0.3) is 0 Å². The van der Waals surface area contributed by atoms with E-state index in [-0.39, 0.29) is 60.6 Å². The van der Waals surface area contributed by atoms with Crippen LogP contribution in [0.15, 0.2) is 30.3 Å². The maximum Gasteiger partial charge on any atom is 0.328 e. The molecule has 0 aliphatic carbocycles. The second kappa shape index (κ2) is 20.0. The second-order valence-electron chi connectivity index (χ2n) is 15.1. The molecule has 1 aromatic carbocycles. The predicted octanol–water partition coefficient (Wildman–Crippen LogP) is 3.78. The Morgan fingerprint density at radius 2 is 1.63 bits per heavy atom. The number of nitrogens with two attached hydrogens (primary N) is 1. The molecule has 12 nitrogen and oxygen atoms in total. The van der Waals surface area contributed by atoms with Crippen LogP contribution in [0.4, 0.5) is 0 Å². The van der Waals surface area contributed by atoms with Crippen LogP contribution in [-0.4, -0.2) is 110 Å². The molecule has 1 saturated heterocycles. The summed E-state index contributed by atoms with van der Waals surface area (Å²) in [5.41, 5.74) is 5.89. The lowest BCUT2D eigenvalue weighted by molar-refractivity contribution is -0.149. The number of benzene rings is 1. The van der Waals surface area contributed by atoms with Crippen LogP contribution in [0.5, 0.6) is 0 Å². The van der Waals surface area contributed by atoms with Gasteiger partial charge in [-0.2, -0.15) is 0 Å². The monoisotopic (exact) mass is 716 g/mol. The van der Waals surface area contributed by atoms with Crippen molar-refractivity contribution in [3.63, 3.8) is 0 Å². The zero-order valence-corrected chi connectivity index (χ0v) is 32.8. The summed E-state index contributed by atoms with van der Waals surface area (Å²) in [5.74, 6) is -2.86. The number of hydrogen-bond donors (Lipinski definition) is 2. The van der Waals surface area contributed by atoms with Crippen LogP contribution >= 0.6 is 0 Å². The van der Waals surface area contributed by atoms with E-state index in [1.54, 1.807) is 44.7 Å². The summed E-state index contributed by atoms with van der Waals surface area (Å²) < 4.78 is 16.9. The van der Waals surface area contributed by atoms with E-state index in [0.717, 1.165) is 18.4 Å². The van der Waals surface area contributed by atoms with E-state index in [1.807, 2.05) is 58.0 Å². The lowest BCUT2D eigenvalue weighted by Gasteiger charge is -2.41. The number of Topliss-reactive ketones (excluding diaryl/α,β-unsaturated/α-hetero) is 1. The molecule has 0 saturated carbocycles. The molecular formula is C39H64N4O8. The Morgan fingerprint density at radius 3 is 2.14 bits per heavy atom. The van der Waals surface area contributed by atoms with Gasteiger partial charge in [-0.3, -0.25) is 19.2 Å². The number of likely N-dealkylation sites (N-methyl/N-ethyl adjacent to an activating group) is 1. The summed E-state index contributed by atoms with van der Waals surface area (Å²) in [5, 5.41) is 2.85. The molecule has 1 heterocycles. The number of nitrogens with zero attached hydrogens (tertiary/aromatic N) is 2. The zero-order valence-electron chi connectivity index (χ0n) is 32.8. The Morgan fingerprint density at radius 1 is 1.00 bits per heavy atom. The highest BCUT2D eigenvalue weighted by atomic mass is 16.5. The van der Waals surface area contributed by atoms with Crippen LogP contribution in [0.3, 0.4) is 0 Å². The molecule has 3 N–H and O–H groups in total. The lowest BCUT2D eigenvalue weighted by atomic mass is 9.83. The van der Waals surface area contributed by atoms with E-state index >= 15 is 0 Å². The van der Waals surface area contributed by atoms with Gasteiger partial charge in [-0.25, -0.2) is 4.79 Å². The number of likely N-dealkylation sites (tertiary alicyclic amines) is 1. The van der Waals surface area contributed by atoms with Crippen LogP contribution in [0.2, 0.25) is 0 Å². The quantitative estimate of drug-likeness (QED) is 0.192. The molecule has 0 aromatic heterocycles. The fourth-order valence-electron chi connectivity index (χ4n) is 7.13. The first-order chi connectivity index (χ1) is 23.9. The smallest absolute Gasteiger partial charge is 0.328 e. The zero-order chi connectivity index (χ0) is 38.6. The Balaban J connectivity index is 2.27. The van der Waals surface area contributed by atoms with Crippen molar-refractivity contribution in [1.82, 2.24) is 15.1 Å². The molecule has 0 radical (unpaired) electrons. The molecule has 12 heteroatoms. The van der Waals surface area contributed by atoms with Crippen LogP contribution in [-0.2, 0) is 44.6 Å². The van der Waals surface area contributed by atoms with Crippen molar-refractivity contribution in [3.8, 4) is 0 Å². The van der Waals surface area contributed by atoms with E-state index in [9.17, 15) is 24.0 Å². The van der Waals surface area contributed by atoms with E-state index < -0.39 is 47.6 Å². The normalized spacial score (nSPS) is 19.0. The third-order valence-corrected chi connectivity index (χ3v) is 10.6. The van der Waals surface area contributed by atoms with Crippen molar-refractivity contribution in [2.45, 2.75) is 123 Å². The molecule has 1 aliphatic rings. The molecule has 1 fully saturated rings. The maximum absolute atomic E-state index is 14.1. The average molecular weight is 717 g/mol. The molecular weight excluding hydrogens is 652 g/mol. The average Bonchev–Trinajstić information content (AvgIpc) is 3.58. The Kier molecular flexibility index (Phi) is 17.2. The number of ketones is 1. The topological polar surface area (TPSA) is 158 Å². The molecule has 0 spiro atoms.